The summed E-state index contributed by atoms with van der Waals surface area (Å²) in [5.41, 5.74) is -1.85. The van der Waals surface area contributed by atoms with Crippen LogP contribution in [0.4, 0.5) is 10.1 Å². The molecule has 4 aliphatic carbocycles. The smallest absolute Gasteiger partial charge is 0.193 e. The number of aliphatic hydroxyl groups excluding tert-OH is 2. The summed E-state index contributed by atoms with van der Waals surface area (Å²) in [7, 11) is 1.89. The third-order valence-electron chi connectivity index (χ3n) is 12.6. The maximum atomic E-state index is 17.8. The first-order chi connectivity index (χ1) is 21.4. The molecule has 5 aliphatic rings. The first-order valence-corrected chi connectivity index (χ1v) is 16.0. The standard InChI is InChI=1S/C37H42FNO6/c1-33-15-14-27(41)18-25(33)12-13-28-34(2)20-31-37(30(43)21-40,35(34,3)19-29(42)36(28,33)38)45-32(44-31)24-10-8-22(9-11-24)16-23-6-5-7-26(17-23)39-4/h5-11,14-15,17-18,28-29,31-32,39-40,42H,12-13,16,19-21H2,1-4H3/t28-,29-,31+,32+,33-,34-,35-,36-,37+/m0/s1. The molecule has 8 heteroatoms. The molecule has 238 valence electrons. The highest BCUT2D eigenvalue weighted by Gasteiger charge is 2.83. The number of benzene rings is 2. The van der Waals surface area contributed by atoms with Crippen molar-refractivity contribution in [1.29, 1.82) is 0 Å². The van der Waals surface area contributed by atoms with Gasteiger partial charge in [-0.3, -0.25) is 9.59 Å². The fraction of sp³-hybridized carbons (Fsp3) is 0.514. The second-order valence-corrected chi connectivity index (χ2v) is 14.4. The molecule has 7 nitrogen and oxygen atoms in total. The fourth-order valence-electron chi connectivity index (χ4n) is 10.0. The fourth-order valence-corrected chi connectivity index (χ4v) is 10.0. The number of allylic oxidation sites excluding steroid dienone is 4. The Morgan fingerprint density at radius 3 is 2.56 bits per heavy atom. The molecule has 1 heterocycles. The van der Waals surface area contributed by atoms with E-state index in [1.165, 1.54) is 17.7 Å². The van der Waals surface area contributed by atoms with Crippen molar-refractivity contribution in [1.82, 2.24) is 0 Å². The van der Waals surface area contributed by atoms with E-state index in [-0.39, 0.29) is 12.2 Å². The highest BCUT2D eigenvalue weighted by Crippen LogP contribution is 2.77. The maximum Gasteiger partial charge on any atom is 0.193 e. The van der Waals surface area contributed by atoms with Crippen LogP contribution in [0.1, 0.15) is 69.4 Å². The minimum Gasteiger partial charge on any atom is -0.390 e. The molecule has 1 saturated heterocycles. The number of carbonyl (C=O) groups is 2. The molecule has 3 saturated carbocycles. The van der Waals surface area contributed by atoms with Crippen LogP contribution in [0.5, 0.6) is 0 Å². The highest BCUT2D eigenvalue weighted by molar-refractivity contribution is 6.01. The summed E-state index contributed by atoms with van der Waals surface area (Å²) in [6.45, 7) is 4.93. The van der Waals surface area contributed by atoms with Crippen molar-refractivity contribution in [2.45, 2.75) is 82.6 Å². The molecule has 0 spiro atoms. The molecule has 0 bridgehead atoms. The van der Waals surface area contributed by atoms with Gasteiger partial charge in [0.2, 0.25) is 0 Å². The zero-order chi connectivity index (χ0) is 32.0. The van der Waals surface area contributed by atoms with Crippen LogP contribution >= 0.6 is 0 Å². The number of alkyl halides is 1. The van der Waals surface area contributed by atoms with E-state index in [4.69, 9.17) is 9.47 Å². The number of ketones is 2. The summed E-state index contributed by atoms with van der Waals surface area (Å²) >= 11 is 0. The molecule has 9 atom stereocenters. The molecule has 0 amide bonds. The van der Waals surface area contributed by atoms with E-state index in [2.05, 4.69) is 17.4 Å². The zero-order valence-electron chi connectivity index (χ0n) is 26.3. The predicted octanol–water partition coefficient (Wildman–Crippen LogP) is 5.40. The number of anilines is 1. The number of hydrogen-bond donors (Lipinski definition) is 3. The monoisotopic (exact) mass is 615 g/mol. The number of hydrogen-bond acceptors (Lipinski definition) is 7. The maximum absolute atomic E-state index is 17.8. The summed E-state index contributed by atoms with van der Waals surface area (Å²) in [6.07, 6.45) is 3.49. The number of fused-ring (bicyclic) bond motifs is 7. The van der Waals surface area contributed by atoms with Gasteiger partial charge >= 0.3 is 0 Å². The van der Waals surface area contributed by atoms with Crippen molar-refractivity contribution >= 4 is 17.3 Å². The molecule has 2 aromatic rings. The van der Waals surface area contributed by atoms with Crippen molar-refractivity contribution in [3.05, 3.63) is 89.0 Å². The Kier molecular flexibility index (Phi) is 6.88. The van der Waals surface area contributed by atoms with Gasteiger partial charge in [0.15, 0.2) is 29.1 Å². The van der Waals surface area contributed by atoms with Gasteiger partial charge in [-0.15, -0.1) is 0 Å². The third-order valence-corrected chi connectivity index (χ3v) is 12.6. The number of ether oxygens (including phenoxy) is 2. The molecule has 45 heavy (non-hydrogen) atoms. The van der Waals surface area contributed by atoms with E-state index in [0.29, 0.717) is 24.8 Å². The number of aliphatic hydroxyl groups is 2. The van der Waals surface area contributed by atoms with Crippen LogP contribution in [0.15, 0.2) is 72.3 Å². The van der Waals surface area contributed by atoms with Gasteiger partial charge in [-0.1, -0.05) is 61.9 Å². The van der Waals surface area contributed by atoms with Crippen LogP contribution in [-0.2, 0) is 25.5 Å². The van der Waals surface area contributed by atoms with Crippen LogP contribution in [0.3, 0.4) is 0 Å². The highest BCUT2D eigenvalue weighted by atomic mass is 19.1. The molecule has 4 fully saturated rings. The average molecular weight is 616 g/mol. The minimum atomic E-state index is -2.06. The summed E-state index contributed by atoms with van der Waals surface area (Å²) in [4.78, 5) is 26.1. The lowest BCUT2D eigenvalue weighted by molar-refractivity contribution is -0.259. The molecule has 2 aromatic carbocycles. The zero-order valence-corrected chi connectivity index (χ0v) is 26.3. The Balaban J connectivity index is 1.21. The molecular formula is C37H42FNO6. The van der Waals surface area contributed by atoms with Gasteiger partial charge in [-0.2, -0.15) is 0 Å². The quantitative estimate of drug-likeness (QED) is 0.400. The van der Waals surface area contributed by atoms with E-state index in [9.17, 15) is 19.8 Å². The van der Waals surface area contributed by atoms with Gasteiger partial charge in [0.05, 0.1) is 12.2 Å². The number of rotatable bonds is 6. The van der Waals surface area contributed by atoms with Crippen molar-refractivity contribution < 1.29 is 33.7 Å². The molecule has 3 N–H and O–H groups in total. The van der Waals surface area contributed by atoms with Crippen molar-refractivity contribution in [3.8, 4) is 0 Å². The first-order valence-electron chi connectivity index (χ1n) is 16.0. The molecule has 7 rings (SSSR count). The van der Waals surface area contributed by atoms with Crippen LogP contribution in [0.2, 0.25) is 0 Å². The Hall–Kier alpha value is -3.17. The number of nitrogens with one attached hydrogen (secondary N) is 1. The summed E-state index contributed by atoms with van der Waals surface area (Å²) in [5, 5.41) is 25.3. The predicted molar refractivity (Wildman–Crippen MR) is 167 cm³/mol. The van der Waals surface area contributed by atoms with Gasteiger partial charge in [0, 0.05) is 35.0 Å². The lowest BCUT2D eigenvalue weighted by Crippen LogP contribution is -2.72. The van der Waals surface area contributed by atoms with E-state index in [0.717, 1.165) is 23.2 Å². The van der Waals surface area contributed by atoms with Gasteiger partial charge in [-0.25, -0.2) is 4.39 Å². The van der Waals surface area contributed by atoms with Crippen LogP contribution < -0.4 is 5.32 Å². The molecular weight excluding hydrogens is 573 g/mol. The largest absolute Gasteiger partial charge is 0.390 e. The molecule has 1 aliphatic heterocycles. The van der Waals surface area contributed by atoms with Crippen molar-refractivity contribution in [2.75, 3.05) is 19.0 Å². The third kappa shape index (κ3) is 3.89. The van der Waals surface area contributed by atoms with Gasteiger partial charge in [0.25, 0.3) is 0 Å². The number of Topliss-reactive ketones (excluding diaryl/α,β-unsaturated/α-hetero) is 1. The minimum absolute atomic E-state index is 0.0515. The van der Waals surface area contributed by atoms with Gasteiger partial charge in [0.1, 0.15) is 6.61 Å². The topological polar surface area (TPSA) is 105 Å². The van der Waals surface area contributed by atoms with E-state index in [1.807, 2.05) is 57.3 Å². The van der Waals surface area contributed by atoms with E-state index < -0.39 is 64.3 Å². The molecule has 0 unspecified atom stereocenters. The summed E-state index contributed by atoms with van der Waals surface area (Å²) in [6, 6.07) is 16.2. The van der Waals surface area contributed by atoms with Gasteiger partial charge in [-0.05, 0) is 79.9 Å². The van der Waals surface area contributed by atoms with Crippen LogP contribution in [0, 0.1) is 22.2 Å². The second kappa shape index (κ2) is 10.2. The van der Waals surface area contributed by atoms with E-state index >= 15 is 4.39 Å². The second-order valence-electron chi connectivity index (χ2n) is 14.4. The summed E-state index contributed by atoms with van der Waals surface area (Å²) < 4.78 is 31.1. The Morgan fingerprint density at radius 2 is 1.84 bits per heavy atom. The van der Waals surface area contributed by atoms with Crippen LogP contribution in [-0.4, -0.2) is 58.9 Å². The van der Waals surface area contributed by atoms with E-state index in [1.54, 1.807) is 13.0 Å². The van der Waals surface area contributed by atoms with Crippen molar-refractivity contribution in [3.63, 3.8) is 0 Å². The van der Waals surface area contributed by atoms with Gasteiger partial charge < -0.3 is 25.0 Å². The first kappa shape index (κ1) is 30.5. The summed E-state index contributed by atoms with van der Waals surface area (Å²) in [5.74, 6) is -1.32. The van der Waals surface area contributed by atoms with Crippen LogP contribution in [0.25, 0.3) is 0 Å². The Labute approximate surface area is 263 Å². The van der Waals surface area contributed by atoms with Crippen molar-refractivity contribution in [2.24, 2.45) is 22.2 Å². The average Bonchev–Trinajstić information content (AvgIpc) is 3.49. The Bertz CT molecular complexity index is 1620. The number of carbonyl (C=O) groups excluding carboxylic acids is 2. The number of halogens is 1. The lowest BCUT2D eigenvalue weighted by Gasteiger charge is -2.66. The Morgan fingerprint density at radius 1 is 1.09 bits per heavy atom. The lowest BCUT2D eigenvalue weighted by atomic mass is 9.40. The normalized spacial score (nSPS) is 41.5. The molecule has 0 radical (unpaired) electrons. The molecule has 0 aromatic heterocycles. The SMILES string of the molecule is CNc1cccc(Cc2ccc([C@@H]3O[C@@H]4C[C@@]5(C)[C@@H]6CCC7=CC(=O)C=C[C@]7(C)[C@@]6(F)[C@@H](O)C[C@]5(C)[C@]4(C(=O)CO)O3)cc2)c1.